The first-order chi connectivity index (χ1) is 9.78. The first-order valence-electron chi connectivity index (χ1n) is 6.71. The van der Waals surface area contributed by atoms with Crippen molar-refractivity contribution in [1.29, 1.82) is 0 Å². The van der Waals surface area contributed by atoms with Gasteiger partial charge in [-0.25, -0.2) is 4.98 Å². The highest BCUT2D eigenvalue weighted by Crippen LogP contribution is 2.28. The van der Waals surface area contributed by atoms with Gasteiger partial charge >= 0.3 is 0 Å². The Hall–Kier alpha value is -2.07. The lowest BCUT2D eigenvalue weighted by atomic mass is 10.1. The topological polar surface area (TPSA) is 42.2 Å². The van der Waals surface area contributed by atoms with Crippen molar-refractivity contribution >= 4 is 32.9 Å². The van der Waals surface area contributed by atoms with Crippen LogP contribution in [0, 0.1) is 0 Å². The van der Waals surface area contributed by atoms with Crippen molar-refractivity contribution in [3.8, 4) is 0 Å². The maximum Gasteiger partial charge on any atom is 0.180 e. The second kappa shape index (κ2) is 5.51. The molecule has 0 bridgehead atoms. The molecule has 1 heterocycles. The third-order valence-electron chi connectivity index (χ3n) is 3.41. The van der Waals surface area contributed by atoms with Crippen molar-refractivity contribution in [2.75, 3.05) is 17.2 Å². The van der Waals surface area contributed by atoms with Crippen LogP contribution in [0.1, 0.15) is 11.8 Å². The smallest absolute Gasteiger partial charge is 0.180 e. The van der Waals surface area contributed by atoms with Crippen molar-refractivity contribution in [3.05, 3.63) is 53.5 Å². The van der Waals surface area contributed by atoms with E-state index in [9.17, 15) is 0 Å². The van der Waals surface area contributed by atoms with Crippen LogP contribution in [0.2, 0.25) is 0 Å². The maximum atomic E-state index is 5.71. The van der Waals surface area contributed by atoms with Crippen molar-refractivity contribution in [1.82, 2.24) is 4.98 Å². The average Bonchev–Trinajstić information content (AvgIpc) is 2.89. The fraction of sp³-hybridized carbons (Fsp3) is 0.188. The maximum absolute atomic E-state index is 5.71. The minimum absolute atomic E-state index is 0.633. The van der Waals surface area contributed by atoms with Gasteiger partial charge in [-0.3, -0.25) is 0 Å². The molecule has 0 atom stereocenters. The summed E-state index contributed by atoms with van der Waals surface area (Å²) in [6.45, 7) is 3.97. The first-order valence-corrected chi connectivity index (χ1v) is 7.52. The van der Waals surface area contributed by atoms with Crippen molar-refractivity contribution in [3.63, 3.8) is 0 Å². The van der Waals surface area contributed by atoms with Crippen LogP contribution in [0.25, 0.3) is 10.8 Å². The molecule has 2 N–H and O–H groups in total. The highest BCUT2D eigenvalue weighted by Gasteiger charge is 2.10. The molecule has 20 heavy (non-hydrogen) atoms. The van der Waals surface area contributed by atoms with Crippen LogP contribution in [0.15, 0.2) is 48.7 Å². The van der Waals surface area contributed by atoms with E-state index >= 15 is 0 Å². The number of fused-ring (bicyclic) bond motifs is 1. The van der Waals surface area contributed by atoms with Crippen molar-refractivity contribution < 1.29 is 0 Å². The van der Waals surface area contributed by atoms with Gasteiger partial charge in [-0.15, -0.1) is 11.3 Å². The lowest BCUT2D eigenvalue weighted by Crippen LogP contribution is -2.21. The highest BCUT2D eigenvalue weighted by molar-refractivity contribution is 7.15. The van der Waals surface area contributed by atoms with E-state index < -0.39 is 0 Å². The summed E-state index contributed by atoms with van der Waals surface area (Å²) in [7, 11) is 0. The molecule has 0 aliphatic rings. The molecular formula is C16H17N3S. The van der Waals surface area contributed by atoms with Gasteiger partial charge in [0.2, 0.25) is 0 Å². The van der Waals surface area contributed by atoms with Crippen LogP contribution in [0.4, 0.5) is 10.8 Å². The van der Waals surface area contributed by atoms with Crippen LogP contribution in [0.5, 0.6) is 0 Å². The zero-order chi connectivity index (χ0) is 13.9. The summed E-state index contributed by atoms with van der Waals surface area (Å²) in [5.74, 6) is 0. The standard InChI is InChI=1S/C16H17N3S/c1-2-19(11-13-10-18-16(17)20-13)15-9-5-7-12-6-3-4-8-14(12)15/h3-10H,2,11H2,1H3,(H2,17,18). The van der Waals surface area contributed by atoms with Gasteiger partial charge in [-0.2, -0.15) is 0 Å². The zero-order valence-corrected chi connectivity index (χ0v) is 12.2. The molecule has 2 aromatic carbocycles. The number of rotatable bonds is 4. The van der Waals surface area contributed by atoms with E-state index in [1.165, 1.54) is 21.3 Å². The molecule has 0 spiro atoms. The lowest BCUT2D eigenvalue weighted by Gasteiger charge is -2.24. The van der Waals surface area contributed by atoms with Crippen molar-refractivity contribution in [2.24, 2.45) is 0 Å². The van der Waals surface area contributed by atoms with Gasteiger partial charge < -0.3 is 10.6 Å². The van der Waals surface area contributed by atoms with Crippen molar-refractivity contribution in [2.45, 2.75) is 13.5 Å². The number of nitrogen functional groups attached to an aromatic ring is 1. The number of thiazole rings is 1. The summed E-state index contributed by atoms with van der Waals surface area (Å²) in [4.78, 5) is 7.68. The predicted octanol–water partition coefficient (Wildman–Crippen LogP) is 3.91. The third kappa shape index (κ3) is 2.47. The molecule has 0 aliphatic heterocycles. The van der Waals surface area contributed by atoms with Gasteiger partial charge in [0, 0.05) is 28.7 Å². The van der Waals surface area contributed by atoms with Gasteiger partial charge in [0.1, 0.15) is 0 Å². The molecule has 0 saturated heterocycles. The lowest BCUT2D eigenvalue weighted by molar-refractivity contribution is 0.845. The zero-order valence-electron chi connectivity index (χ0n) is 11.4. The molecule has 0 saturated carbocycles. The summed E-state index contributed by atoms with van der Waals surface area (Å²) in [6, 6.07) is 14.9. The average molecular weight is 283 g/mol. The molecule has 3 rings (SSSR count). The van der Waals surface area contributed by atoms with E-state index in [1.54, 1.807) is 11.3 Å². The number of benzene rings is 2. The Balaban J connectivity index is 1.98. The fourth-order valence-electron chi connectivity index (χ4n) is 2.44. The second-order valence-electron chi connectivity index (χ2n) is 4.68. The van der Waals surface area contributed by atoms with E-state index in [0.717, 1.165) is 13.1 Å². The Bertz CT molecular complexity index is 715. The number of anilines is 2. The van der Waals surface area contributed by atoms with E-state index in [1.807, 2.05) is 6.20 Å². The van der Waals surface area contributed by atoms with Crippen LogP contribution in [-0.4, -0.2) is 11.5 Å². The summed E-state index contributed by atoms with van der Waals surface area (Å²) < 4.78 is 0. The Morgan fingerprint density at radius 2 is 1.95 bits per heavy atom. The molecule has 0 aliphatic carbocycles. The van der Waals surface area contributed by atoms with Gasteiger partial charge in [-0.05, 0) is 18.4 Å². The number of aromatic nitrogens is 1. The normalized spacial score (nSPS) is 10.8. The highest BCUT2D eigenvalue weighted by atomic mass is 32.1. The molecule has 0 radical (unpaired) electrons. The molecule has 4 heteroatoms. The Labute approximate surface area is 122 Å². The fourth-order valence-corrected chi connectivity index (χ4v) is 3.14. The monoisotopic (exact) mass is 283 g/mol. The molecular weight excluding hydrogens is 266 g/mol. The number of nitrogens with two attached hydrogens (primary N) is 1. The quantitative estimate of drug-likeness (QED) is 0.789. The van der Waals surface area contributed by atoms with Crippen LogP contribution < -0.4 is 10.6 Å². The predicted molar refractivity (Wildman–Crippen MR) is 87.2 cm³/mol. The van der Waals surface area contributed by atoms with Gasteiger partial charge in [-0.1, -0.05) is 36.4 Å². The van der Waals surface area contributed by atoms with Crippen LogP contribution in [0.3, 0.4) is 0 Å². The summed E-state index contributed by atoms with van der Waals surface area (Å²) in [5.41, 5.74) is 6.98. The van der Waals surface area contributed by atoms with E-state index in [0.29, 0.717) is 5.13 Å². The largest absolute Gasteiger partial charge is 0.375 e. The molecule has 3 nitrogen and oxygen atoms in total. The summed E-state index contributed by atoms with van der Waals surface area (Å²) in [5, 5.41) is 3.19. The minimum atomic E-state index is 0.633. The molecule has 0 fully saturated rings. The summed E-state index contributed by atoms with van der Waals surface area (Å²) >= 11 is 1.56. The van der Waals surface area contributed by atoms with Gasteiger partial charge in [0.15, 0.2) is 5.13 Å². The van der Waals surface area contributed by atoms with Crippen LogP contribution in [-0.2, 0) is 6.54 Å². The first kappa shape index (κ1) is 12.9. The second-order valence-corrected chi connectivity index (χ2v) is 5.82. The van der Waals surface area contributed by atoms with E-state index in [-0.39, 0.29) is 0 Å². The third-order valence-corrected chi connectivity index (χ3v) is 4.22. The molecule has 0 amide bonds. The Morgan fingerprint density at radius 1 is 1.15 bits per heavy atom. The van der Waals surface area contributed by atoms with Crippen LogP contribution >= 0.6 is 11.3 Å². The minimum Gasteiger partial charge on any atom is -0.375 e. The number of hydrogen-bond acceptors (Lipinski definition) is 4. The molecule has 102 valence electrons. The number of nitrogens with zero attached hydrogens (tertiary/aromatic N) is 2. The van der Waals surface area contributed by atoms with Gasteiger partial charge in [0.05, 0.1) is 6.54 Å². The Morgan fingerprint density at radius 3 is 2.70 bits per heavy atom. The Kier molecular flexibility index (Phi) is 3.56. The molecule has 0 unspecified atom stereocenters. The van der Waals surface area contributed by atoms with E-state index in [4.69, 9.17) is 5.73 Å². The number of hydrogen-bond donors (Lipinski definition) is 1. The molecule has 3 aromatic rings. The summed E-state index contributed by atoms with van der Waals surface area (Å²) in [6.07, 6.45) is 1.87. The van der Waals surface area contributed by atoms with E-state index in [2.05, 4.69) is 59.3 Å². The van der Waals surface area contributed by atoms with Gasteiger partial charge in [0.25, 0.3) is 0 Å². The SMILES string of the molecule is CCN(Cc1cnc(N)s1)c1cccc2ccccc12. The molecule has 1 aromatic heterocycles.